The summed E-state index contributed by atoms with van der Waals surface area (Å²) in [5, 5.41) is 13.2. The maximum Gasteiger partial charge on any atom is 0.238 e. The summed E-state index contributed by atoms with van der Waals surface area (Å²) in [6, 6.07) is 17.3. The smallest absolute Gasteiger partial charge is 0.238 e. The lowest BCUT2D eigenvalue weighted by molar-refractivity contribution is -0.118. The van der Waals surface area contributed by atoms with E-state index in [1.807, 2.05) is 60.8 Å². The average Bonchev–Trinajstić information content (AvgIpc) is 3.63. The zero-order valence-corrected chi connectivity index (χ0v) is 20.0. The predicted molar refractivity (Wildman–Crippen MR) is 140 cm³/mol. The van der Waals surface area contributed by atoms with Gasteiger partial charge in [0.05, 0.1) is 32.2 Å². The third-order valence-corrected chi connectivity index (χ3v) is 6.16. The molecule has 2 aromatic carbocycles. The van der Waals surface area contributed by atoms with E-state index in [1.54, 1.807) is 12.5 Å². The van der Waals surface area contributed by atoms with E-state index in [2.05, 4.69) is 30.7 Å². The molecule has 3 aromatic heterocycles. The molecule has 0 saturated carbocycles. The number of rotatable bonds is 7. The number of ether oxygens (including phenoxy) is 1. The summed E-state index contributed by atoms with van der Waals surface area (Å²) in [6.45, 7) is 3.16. The highest BCUT2D eigenvalue weighted by molar-refractivity contribution is 5.93. The van der Waals surface area contributed by atoms with Crippen molar-refractivity contribution in [3.8, 4) is 22.5 Å². The van der Waals surface area contributed by atoms with Crippen molar-refractivity contribution in [3.05, 3.63) is 73.3 Å². The number of benzene rings is 2. The number of H-pyrrole nitrogens is 1. The van der Waals surface area contributed by atoms with Crippen molar-refractivity contribution in [2.24, 2.45) is 0 Å². The second-order valence-corrected chi connectivity index (χ2v) is 8.74. The number of fused-ring (bicyclic) bond motifs is 1. The molecule has 3 N–H and O–H groups in total. The fraction of sp³-hybridized carbons (Fsp3) is 0.185. The van der Waals surface area contributed by atoms with Crippen LogP contribution in [0.1, 0.15) is 0 Å². The number of aromatic nitrogens is 4. The SMILES string of the molecule is O=C(CN1CCOCC1)Nc1cccc(-c2nc(Nc3ccc(-c4cn[nH]c4)cc3)c3occc3n2)c1. The van der Waals surface area contributed by atoms with Crippen LogP contribution in [0.5, 0.6) is 0 Å². The zero-order chi connectivity index (χ0) is 25.0. The van der Waals surface area contributed by atoms with Gasteiger partial charge in [-0.1, -0.05) is 24.3 Å². The van der Waals surface area contributed by atoms with Crippen molar-refractivity contribution in [1.82, 2.24) is 25.1 Å². The molecule has 0 spiro atoms. The Morgan fingerprint density at radius 1 is 0.973 bits per heavy atom. The van der Waals surface area contributed by atoms with Crippen LogP contribution in [0.4, 0.5) is 17.2 Å². The van der Waals surface area contributed by atoms with Crippen LogP contribution in [0.3, 0.4) is 0 Å². The average molecular weight is 496 g/mol. The molecule has 0 atom stereocenters. The first-order valence-corrected chi connectivity index (χ1v) is 12.0. The first-order chi connectivity index (χ1) is 18.2. The van der Waals surface area contributed by atoms with E-state index in [9.17, 15) is 4.79 Å². The summed E-state index contributed by atoms with van der Waals surface area (Å²) >= 11 is 0. The van der Waals surface area contributed by atoms with E-state index in [4.69, 9.17) is 14.1 Å². The normalized spacial score (nSPS) is 14.1. The fourth-order valence-corrected chi connectivity index (χ4v) is 4.27. The molecule has 5 aromatic rings. The maximum absolute atomic E-state index is 12.6. The van der Waals surface area contributed by atoms with E-state index in [0.717, 1.165) is 35.5 Å². The molecule has 4 heterocycles. The number of hydrogen-bond acceptors (Lipinski definition) is 8. The topological polar surface area (TPSA) is 121 Å². The van der Waals surface area contributed by atoms with Gasteiger partial charge in [0, 0.05) is 47.9 Å². The Balaban J connectivity index is 1.23. The van der Waals surface area contributed by atoms with Gasteiger partial charge in [-0.3, -0.25) is 14.8 Å². The molecular weight excluding hydrogens is 470 g/mol. The molecule has 10 heteroatoms. The lowest BCUT2D eigenvalue weighted by Gasteiger charge is -2.25. The number of morpholine rings is 1. The van der Waals surface area contributed by atoms with Gasteiger partial charge < -0.3 is 19.8 Å². The number of amides is 1. The van der Waals surface area contributed by atoms with Gasteiger partial charge in [0.2, 0.25) is 5.91 Å². The highest BCUT2D eigenvalue weighted by atomic mass is 16.5. The van der Waals surface area contributed by atoms with Gasteiger partial charge in [-0.2, -0.15) is 5.10 Å². The van der Waals surface area contributed by atoms with Crippen LogP contribution in [0.15, 0.2) is 77.7 Å². The summed E-state index contributed by atoms with van der Waals surface area (Å²) in [6.07, 6.45) is 5.23. The van der Waals surface area contributed by atoms with Gasteiger partial charge in [0.25, 0.3) is 0 Å². The molecular formula is C27H25N7O3. The maximum atomic E-state index is 12.6. The molecule has 0 radical (unpaired) electrons. The number of nitrogens with zero attached hydrogens (tertiary/aromatic N) is 4. The quantitative estimate of drug-likeness (QED) is 0.306. The van der Waals surface area contributed by atoms with E-state index >= 15 is 0 Å². The third kappa shape index (κ3) is 5.20. The van der Waals surface area contributed by atoms with Crippen molar-refractivity contribution >= 4 is 34.2 Å². The summed E-state index contributed by atoms with van der Waals surface area (Å²) in [5.74, 6) is 1.02. The van der Waals surface area contributed by atoms with Crippen LogP contribution in [-0.4, -0.2) is 63.8 Å². The minimum absolute atomic E-state index is 0.0634. The van der Waals surface area contributed by atoms with Crippen molar-refractivity contribution in [3.63, 3.8) is 0 Å². The monoisotopic (exact) mass is 495 g/mol. The van der Waals surface area contributed by atoms with Crippen LogP contribution in [-0.2, 0) is 9.53 Å². The van der Waals surface area contributed by atoms with Crippen LogP contribution in [0.25, 0.3) is 33.6 Å². The predicted octanol–water partition coefficient (Wildman–Crippen LogP) is 4.29. The standard InChI is InChI=1S/C27H25N7O3/c35-24(17-34-9-12-36-13-10-34)30-22-3-1-2-19(14-22)26-32-23-8-11-37-25(23)27(33-26)31-21-6-4-18(5-7-21)20-15-28-29-16-20/h1-8,11,14-16H,9-10,12-13,17H2,(H,28,29)(H,30,35)(H,31,32,33). The van der Waals surface area contributed by atoms with Crippen LogP contribution in [0, 0.1) is 0 Å². The van der Waals surface area contributed by atoms with E-state index in [1.165, 1.54) is 0 Å². The van der Waals surface area contributed by atoms with Crippen LogP contribution >= 0.6 is 0 Å². The lowest BCUT2D eigenvalue weighted by Crippen LogP contribution is -2.41. The molecule has 0 unspecified atom stereocenters. The second-order valence-electron chi connectivity index (χ2n) is 8.74. The summed E-state index contributed by atoms with van der Waals surface area (Å²) in [4.78, 5) is 24.1. The minimum Gasteiger partial charge on any atom is -0.459 e. The van der Waals surface area contributed by atoms with Gasteiger partial charge in [-0.15, -0.1) is 0 Å². The molecule has 0 bridgehead atoms. The van der Waals surface area contributed by atoms with Gasteiger partial charge in [0.15, 0.2) is 17.2 Å². The third-order valence-electron chi connectivity index (χ3n) is 6.16. The number of hydrogen-bond donors (Lipinski definition) is 3. The Morgan fingerprint density at radius 3 is 2.65 bits per heavy atom. The van der Waals surface area contributed by atoms with Crippen molar-refractivity contribution in [1.29, 1.82) is 0 Å². The number of aromatic amines is 1. The minimum atomic E-state index is -0.0634. The van der Waals surface area contributed by atoms with Crippen molar-refractivity contribution in [2.75, 3.05) is 43.5 Å². The summed E-state index contributed by atoms with van der Waals surface area (Å²) in [7, 11) is 0. The number of carbonyl (C=O) groups excluding carboxylic acids is 1. The van der Waals surface area contributed by atoms with E-state index in [0.29, 0.717) is 48.2 Å². The Bertz CT molecular complexity index is 1510. The number of anilines is 3. The second kappa shape index (κ2) is 10.2. The molecule has 6 rings (SSSR count). The molecule has 186 valence electrons. The van der Waals surface area contributed by atoms with Crippen LogP contribution < -0.4 is 10.6 Å². The molecule has 0 aliphatic carbocycles. The van der Waals surface area contributed by atoms with Gasteiger partial charge >= 0.3 is 0 Å². The molecule has 1 aliphatic heterocycles. The fourth-order valence-electron chi connectivity index (χ4n) is 4.27. The Kier molecular flexibility index (Phi) is 6.32. The van der Waals surface area contributed by atoms with Crippen molar-refractivity contribution < 1.29 is 13.9 Å². The van der Waals surface area contributed by atoms with Crippen molar-refractivity contribution in [2.45, 2.75) is 0 Å². The van der Waals surface area contributed by atoms with E-state index < -0.39 is 0 Å². The zero-order valence-electron chi connectivity index (χ0n) is 20.0. The Labute approximate surface area is 212 Å². The molecule has 1 fully saturated rings. The largest absolute Gasteiger partial charge is 0.459 e. The summed E-state index contributed by atoms with van der Waals surface area (Å²) in [5.41, 5.74) is 5.65. The van der Waals surface area contributed by atoms with Gasteiger partial charge in [-0.05, 0) is 29.8 Å². The Morgan fingerprint density at radius 2 is 1.84 bits per heavy atom. The number of furan rings is 1. The van der Waals surface area contributed by atoms with Gasteiger partial charge in [0.1, 0.15) is 5.52 Å². The molecule has 1 amide bonds. The molecule has 37 heavy (non-hydrogen) atoms. The number of carbonyl (C=O) groups is 1. The molecule has 1 saturated heterocycles. The Hall–Kier alpha value is -4.54. The first-order valence-electron chi connectivity index (χ1n) is 12.0. The molecule has 10 nitrogen and oxygen atoms in total. The van der Waals surface area contributed by atoms with Crippen LogP contribution in [0.2, 0.25) is 0 Å². The molecule has 1 aliphatic rings. The highest BCUT2D eigenvalue weighted by Gasteiger charge is 2.16. The lowest BCUT2D eigenvalue weighted by atomic mass is 10.1. The van der Waals surface area contributed by atoms with E-state index in [-0.39, 0.29) is 5.91 Å². The van der Waals surface area contributed by atoms with Gasteiger partial charge in [-0.25, -0.2) is 9.97 Å². The first kappa shape index (κ1) is 22.9. The number of nitrogens with one attached hydrogen (secondary N) is 3. The highest BCUT2D eigenvalue weighted by Crippen LogP contribution is 2.30. The summed E-state index contributed by atoms with van der Waals surface area (Å²) < 4.78 is 11.0.